The molecule has 6 heteroatoms. The average molecular weight is 326 g/mol. The molecule has 24 heavy (non-hydrogen) atoms. The molecule has 1 N–H and O–H groups in total. The van der Waals surface area contributed by atoms with Gasteiger partial charge < -0.3 is 4.90 Å². The second-order valence-corrected chi connectivity index (χ2v) is 5.77. The number of carbonyl (C=O) groups is 1. The molecule has 3 rings (SSSR count). The lowest BCUT2D eigenvalue weighted by atomic mass is 10.1. The zero-order valence-electron chi connectivity index (χ0n) is 13.5. The van der Waals surface area contributed by atoms with Crippen molar-refractivity contribution in [3.05, 3.63) is 59.2 Å². The Balaban J connectivity index is 1.71. The highest BCUT2D eigenvalue weighted by Gasteiger charge is 2.17. The topological polar surface area (TPSA) is 57.6 Å². The van der Waals surface area contributed by atoms with Crippen LogP contribution in [0, 0.1) is 12.7 Å². The van der Waals surface area contributed by atoms with Crippen LogP contribution in [0.3, 0.4) is 0 Å². The number of aromatic nitrogens is 1. The fraction of sp³-hybridized carbons (Fsp3) is 0.278. The van der Waals surface area contributed by atoms with Gasteiger partial charge in [0.05, 0.1) is 11.9 Å². The van der Waals surface area contributed by atoms with E-state index in [0.717, 1.165) is 31.5 Å². The number of hydrazone groups is 1. The summed E-state index contributed by atoms with van der Waals surface area (Å²) < 4.78 is 14.3. The molecule has 1 aromatic carbocycles. The van der Waals surface area contributed by atoms with Crippen LogP contribution in [0.4, 0.5) is 10.1 Å². The quantitative estimate of drug-likeness (QED) is 0.694. The maximum absolute atomic E-state index is 14.3. The van der Waals surface area contributed by atoms with E-state index in [1.54, 1.807) is 18.2 Å². The molecule has 2 aromatic rings. The molecule has 2 heterocycles. The van der Waals surface area contributed by atoms with Crippen molar-refractivity contribution in [2.24, 2.45) is 5.10 Å². The third-order valence-electron chi connectivity index (χ3n) is 4.05. The summed E-state index contributed by atoms with van der Waals surface area (Å²) in [6.45, 7) is 3.69. The van der Waals surface area contributed by atoms with Gasteiger partial charge in [-0.25, -0.2) is 9.82 Å². The van der Waals surface area contributed by atoms with Crippen LogP contribution < -0.4 is 10.3 Å². The lowest BCUT2D eigenvalue weighted by Gasteiger charge is -2.19. The number of nitrogens with zero attached hydrogens (tertiary/aromatic N) is 3. The van der Waals surface area contributed by atoms with E-state index in [0.29, 0.717) is 11.3 Å². The number of benzene rings is 1. The van der Waals surface area contributed by atoms with Crippen LogP contribution in [0.25, 0.3) is 0 Å². The van der Waals surface area contributed by atoms with Gasteiger partial charge in [-0.05, 0) is 49.6 Å². The SMILES string of the molecule is Cc1cc(N2CCCC2)c(F)cc1/C=N\NC(=O)c1ccccn1. The molecule has 1 aliphatic rings. The van der Waals surface area contributed by atoms with Crippen molar-refractivity contribution in [2.45, 2.75) is 19.8 Å². The first kappa shape index (κ1) is 16.1. The van der Waals surface area contributed by atoms with Crippen LogP contribution in [-0.4, -0.2) is 30.2 Å². The fourth-order valence-corrected chi connectivity index (χ4v) is 2.74. The highest BCUT2D eigenvalue weighted by molar-refractivity contribution is 5.93. The van der Waals surface area contributed by atoms with Gasteiger partial charge in [-0.15, -0.1) is 0 Å². The smallest absolute Gasteiger partial charge is 0.289 e. The van der Waals surface area contributed by atoms with E-state index in [1.165, 1.54) is 18.5 Å². The van der Waals surface area contributed by atoms with Crippen molar-refractivity contribution >= 4 is 17.8 Å². The number of hydrogen-bond donors (Lipinski definition) is 1. The summed E-state index contributed by atoms with van der Waals surface area (Å²) in [4.78, 5) is 17.8. The Kier molecular flexibility index (Phi) is 4.84. The number of pyridine rings is 1. The normalized spacial score (nSPS) is 14.3. The first-order chi connectivity index (χ1) is 11.6. The van der Waals surface area contributed by atoms with E-state index in [-0.39, 0.29) is 11.5 Å². The maximum Gasteiger partial charge on any atom is 0.289 e. The van der Waals surface area contributed by atoms with Gasteiger partial charge in [0.25, 0.3) is 5.91 Å². The third kappa shape index (κ3) is 3.59. The van der Waals surface area contributed by atoms with Crippen LogP contribution >= 0.6 is 0 Å². The average Bonchev–Trinajstić information content (AvgIpc) is 3.12. The second kappa shape index (κ2) is 7.21. The minimum absolute atomic E-state index is 0.264. The predicted octanol–water partition coefficient (Wildman–Crippen LogP) is 2.89. The minimum atomic E-state index is -0.404. The Morgan fingerprint density at radius 3 is 2.83 bits per heavy atom. The summed E-state index contributed by atoms with van der Waals surface area (Å²) in [5.41, 5.74) is 4.86. The number of carbonyl (C=O) groups excluding carboxylic acids is 1. The highest BCUT2D eigenvalue weighted by atomic mass is 19.1. The Morgan fingerprint density at radius 2 is 2.12 bits per heavy atom. The van der Waals surface area contributed by atoms with Crippen LogP contribution in [-0.2, 0) is 0 Å². The number of aryl methyl sites for hydroxylation is 1. The van der Waals surface area contributed by atoms with Crippen molar-refractivity contribution in [1.29, 1.82) is 0 Å². The molecule has 124 valence electrons. The first-order valence-electron chi connectivity index (χ1n) is 7.94. The Morgan fingerprint density at radius 1 is 1.33 bits per heavy atom. The molecular weight excluding hydrogens is 307 g/mol. The van der Waals surface area contributed by atoms with E-state index < -0.39 is 5.91 Å². The van der Waals surface area contributed by atoms with Gasteiger partial charge in [-0.3, -0.25) is 9.78 Å². The Labute approximate surface area is 140 Å². The van der Waals surface area contributed by atoms with Crippen molar-refractivity contribution < 1.29 is 9.18 Å². The number of halogens is 1. The van der Waals surface area contributed by atoms with Gasteiger partial charge in [0.15, 0.2) is 0 Å². The van der Waals surface area contributed by atoms with E-state index in [9.17, 15) is 9.18 Å². The first-order valence-corrected chi connectivity index (χ1v) is 7.94. The summed E-state index contributed by atoms with van der Waals surface area (Å²) in [5, 5.41) is 3.90. The van der Waals surface area contributed by atoms with Crippen molar-refractivity contribution in [3.8, 4) is 0 Å². The summed E-state index contributed by atoms with van der Waals surface area (Å²) in [6.07, 6.45) is 5.19. The highest BCUT2D eigenvalue weighted by Crippen LogP contribution is 2.26. The van der Waals surface area contributed by atoms with Crippen LogP contribution in [0.15, 0.2) is 41.6 Å². The number of anilines is 1. The summed E-state index contributed by atoms with van der Waals surface area (Å²) in [7, 11) is 0. The Bertz CT molecular complexity index is 755. The summed E-state index contributed by atoms with van der Waals surface area (Å²) in [6, 6.07) is 8.35. The molecular formula is C18H19FN4O. The number of rotatable bonds is 4. The van der Waals surface area contributed by atoms with Gasteiger partial charge in [0.2, 0.25) is 0 Å². The largest absolute Gasteiger partial charge is 0.369 e. The molecule has 0 bridgehead atoms. The molecule has 0 unspecified atom stereocenters. The second-order valence-electron chi connectivity index (χ2n) is 5.77. The number of nitrogens with one attached hydrogen (secondary N) is 1. The summed E-state index contributed by atoms with van der Waals surface area (Å²) in [5.74, 6) is -0.668. The molecule has 1 amide bonds. The van der Waals surface area contributed by atoms with Gasteiger partial charge >= 0.3 is 0 Å². The van der Waals surface area contributed by atoms with Gasteiger partial charge in [0, 0.05) is 24.8 Å². The molecule has 1 aromatic heterocycles. The predicted molar refractivity (Wildman–Crippen MR) is 91.9 cm³/mol. The van der Waals surface area contributed by atoms with E-state index >= 15 is 0 Å². The van der Waals surface area contributed by atoms with Crippen molar-refractivity contribution in [2.75, 3.05) is 18.0 Å². The molecule has 0 atom stereocenters. The standard InChI is InChI=1S/C18H19FN4O/c1-13-10-17(23-8-4-5-9-23)15(19)11-14(13)12-21-22-18(24)16-6-2-3-7-20-16/h2-3,6-7,10-12H,4-5,8-9H2,1H3,(H,22,24)/b21-12-. The van der Waals surface area contributed by atoms with E-state index in [1.807, 2.05) is 13.0 Å². The van der Waals surface area contributed by atoms with E-state index in [4.69, 9.17) is 0 Å². The van der Waals surface area contributed by atoms with Gasteiger partial charge in [-0.1, -0.05) is 6.07 Å². The third-order valence-corrected chi connectivity index (χ3v) is 4.05. The zero-order valence-corrected chi connectivity index (χ0v) is 13.5. The lowest BCUT2D eigenvalue weighted by molar-refractivity contribution is 0.0950. The molecule has 1 saturated heterocycles. The van der Waals surface area contributed by atoms with Gasteiger partial charge in [0.1, 0.15) is 11.5 Å². The van der Waals surface area contributed by atoms with Crippen molar-refractivity contribution in [1.82, 2.24) is 10.4 Å². The Hall–Kier alpha value is -2.76. The van der Waals surface area contributed by atoms with Crippen LogP contribution in [0.2, 0.25) is 0 Å². The van der Waals surface area contributed by atoms with Crippen LogP contribution in [0.5, 0.6) is 0 Å². The monoisotopic (exact) mass is 326 g/mol. The summed E-state index contributed by atoms with van der Waals surface area (Å²) >= 11 is 0. The molecule has 5 nitrogen and oxygen atoms in total. The van der Waals surface area contributed by atoms with Crippen molar-refractivity contribution in [3.63, 3.8) is 0 Å². The van der Waals surface area contributed by atoms with Crippen LogP contribution in [0.1, 0.15) is 34.5 Å². The maximum atomic E-state index is 14.3. The fourth-order valence-electron chi connectivity index (χ4n) is 2.74. The molecule has 0 saturated carbocycles. The van der Waals surface area contributed by atoms with Gasteiger partial charge in [-0.2, -0.15) is 5.10 Å². The van der Waals surface area contributed by atoms with E-state index in [2.05, 4.69) is 20.4 Å². The molecule has 0 aliphatic carbocycles. The lowest BCUT2D eigenvalue weighted by Crippen LogP contribution is -2.20. The number of hydrogen-bond acceptors (Lipinski definition) is 4. The molecule has 0 radical (unpaired) electrons. The zero-order chi connectivity index (χ0) is 16.9. The number of amides is 1. The molecule has 1 fully saturated rings. The molecule has 1 aliphatic heterocycles. The minimum Gasteiger partial charge on any atom is -0.369 e. The molecule has 0 spiro atoms.